The number of hydrogen-bond acceptors (Lipinski definition) is 2. The van der Waals surface area contributed by atoms with Crippen LogP contribution >= 0.6 is 0 Å². The van der Waals surface area contributed by atoms with Gasteiger partial charge in [0.2, 0.25) is 0 Å². The smallest absolute Gasteiger partial charge is 0.336 e. The molecule has 0 heterocycles. The van der Waals surface area contributed by atoms with Gasteiger partial charge in [-0.2, -0.15) is 0 Å². The lowest BCUT2D eigenvalue weighted by Gasteiger charge is -2.20. The molecule has 0 bridgehead atoms. The lowest BCUT2D eigenvalue weighted by atomic mass is 9.85. The van der Waals surface area contributed by atoms with Crippen LogP contribution in [0.3, 0.4) is 0 Å². The first-order valence-corrected chi connectivity index (χ1v) is 9.07. The molecular formula is C20H30O4. The van der Waals surface area contributed by atoms with Crippen LogP contribution in [0.2, 0.25) is 0 Å². The fourth-order valence-corrected chi connectivity index (χ4v) is 3.18. The van der Waals surface area contributed by atoms with E-state index >= 15 is 0 Å². The van der Waals surface area contributed by atoms with Crippen molar-refractivity contribution in [2.75, 3.05) is 0 Å². The molecule has 4 heteroatoms. The van der Waals surface area contributed by atoms with Crippen LogP contribution in [-0.4, -0.2) is 22.2 Å². The molecule has 0 aliphatic heterocycles. The van der Waals surface area contributed by atoms with E-state index in [0.29, 0.717) is 24.3 Å². The molecule has 24 heavy (non-hydrogen) atoms. The van der Waals surface area contributed by atoms with E-state index in [2.05, 4.69) is 20.8 Å². The normalized spacial score (nSPS) is 12.1. The van der Waals surface area contributed by atoms with E-state index in [4.69, 9.17) is 0 Å². The van der Waals surface area contributed by atoms with Gasteiger partial charge in [-0.3, -0.25) is 0 Å². The Bertz CT molecular complexity index is 563. The van der Waals surface area contributed by atoms with E-state index in [1.54, 1.807) is 12.1 Å². The molecule has 1 rings (SSSR count). The van der Waals surface area contributed by atoms with Gasteiger partial charge in [0.15, 0.2) is 0 Å². The summed E-state index contributed by atoms with van der Waals surface area (Å²) in [6, 6.07) is 3.26. The first-order valence-electron chi connectivity index (χ1n) is 9.07. The number of carboxylic acid groups (broad SMARTS) is 2. The highest BCUT2D eigenvalue weighted by atomic mass is 16.4. The molecule has 0 fully saturated rings. The van der Waals surface area contributed by atoms with Crippen LogP contribution < -0.4 is 0 Å². The number of unbranched alkanes of at least 4 members (excludes halogenated alkanes) is 2. The molecular weight excluding hydrogens is 304 g/mol. The number of benzene rings is 1. The van der Waals surface area contributed by atoms with Crippen molar-refractivity contribution in [2.45, 2.75) is 72.1 Å². The summed E-state index contributed by atoms with van der Waals surface area (Å²) < 4.78 is 0. The molecule has 0 saturated carbocycles. The van der Waals surface area contributed by atoms with E-state index in [1.165, 1.54) is 0 Å². The van der Waals surface area contributed by atoms with Gasteiger partial charge in [-0.25, -0.2) is 9.59 Å². The molecule has 0 aliphatic carbocycles. The summed E-state index contributed by atoms with van der Waals surface area (Å²) >= 11 is 0. The standard InChI is InChI=1S/C20H30O4/c1-4-7-9-14(6-3)13-17-16(19(21)22)12-11-15(10-8-5-2)18(17)20(23)24/h11-12,14H,4-10,13H2,1-3H3,(H,21,22)(H,23,24). The average Bonchev–Trinajstić information content (AvgIpc) is 2.55. The van der Waals surface area contributed by atoms with Gasteiger partial charge in [0, 0.05) is 0 Å². The molecule has 1 aromatic carbocycles. The van der Waals surface area contributed by atoms with E-state index in [9.17, 15) is 19.8 Å². The summed E-state index contributed by atoms with van der Waals surface area (Å²) in [6.45, 7) is 6.27. The molecule has 0 saturated heterocycles. The Balaban J connectivity index is 3.33. The van der Waals surface area contributed by atoms with Gasteiger partial charge in [-0.15, -0.1) is 0 Å². The number of hydrogen-bond donors (Lipinski definition) is 2. The number of carboxylic acids is 2. The van der Waals surface area contributed by atoms with Crippen LogP contribution in [0.1, 0.15) is 91.1 Å². The summed E-state index contributed by atoms with van der Waals surface area (Å²) in [7, 11) is 0. The molecule has 0 aromatic heterocycles. The molecule has 1 unspecified atom stereocenters. The van der Waals surface area contributed by atoms with Gasteiger partial charge in [0.1, 0.15) is 0 Å². The van der Waals surface area contributed by atoms with Gasteiger partial charge in [-0.1, -0.05) is 58.9 Å². The van der Waals surface area contributed by atoms with Crippen molar-refractivity contribution in [3.05, 3.63) is 34.4 Å². The van der Waals surface area contributed by atoms with Crippen LogP contribution in [0.5, 0.6) is 0 Å². The third kappa shape index (κ3) is 5.36. The molecule has 1 aromatic rings. The zero-order valence-corrected chi connectivity index (χ0v) is 15.1. The van der Waals surface area contributed by atoms with Crippen molar-refractivity contribution in [3.63, 3.8) is 0 Å². The van der Waals surface area contributed by atoms with Crippen molar-refractivity contribution >= 4 is 11.9 Å². The van der Waals surface area contributed by atoms with Crippen LogP contribution in [0.25, 0.3) is 0 Å². The van der Waals surface area contributed by atoms with Crippen molar-refractivity contribution in [3.8, 4) is 0 Å². The number of aryl methyl sites for hydroxylation is 1. The zero-order valence-electron chi connectivity index (χ0n) is 15.1. The second kappa shape index (κ2) is 10.1. The third-order valence-electron chi connectivity index (χ3n) is 4.68. The summed E-state index contributed by atoms with van der Waals surface area (Å²) in [5, 5.41) is 19.2. The molecule has 0 radical (unpaired) electrons. The fourth-order valence-electron chi connectivity index (χ4n) is 3.18. The molecule has 0 amide bonds. The lowest BCUT2D eigenvalue weighted by Crippen LogP contribution is -2.16. The van der Waals surface area contributed by atoms with Crippen LogP contribution in [0.15, 0.2) is 12.1 Å². The molecule has 2 N–H and O–H groups in total. The highest BCUT2D eigenvalue weighted by Gasteiger charge is 2.23. The maximum Gasteiger partial charge on any atom is 0.336 e. The first-order chi connectivity index (χ1) is 11.5. The van der Waals surface area contributed by atoms with Gasteiger partial charge in [0.25, 0.3) is 0 Å². The molecule has 0 aliphatic rings. The second-order valence-corrected chi connectivity index (χ2v) is 6.46. The largest absolute Gasteiger partial charge is 0.478 e. The van der Waals surface area contributed by atoms with Gasteiger partial charge in [0.05, 0.1) is 11.1 Å². The Morgan fingerprint density at radius 3 is 2.17 bits per heavy atom. The number of aromatic carboxylic acids is 2. The maximum atomic E-state index is 11.9. The van der Waals surface area contributed by atoms with Gasteiger partial charge in [-0.05, 0) is 42.4 Å². The minimum absolute atomic E-state index is 0.141. The minimum Gasteiger partial charge on any atom is -0.478 e. The maximum absolute atomic E-state index is 11.9. The van der Waals surface area contributed by atoms with Crippen LogP contribution in [-0.2, 0) is 12.8 Å². The quantitative estimate of drug-likeness (QED) is 0.584. The Kier molecular flexibility index (Phi) is 8.51. The number of rotatable bonds is 11. The van der Waals surface area contributed by atoms with Gasteiger partial charge >= 0.3 is 11.9 Å². The predicted molar refractivity (Wildman–Crippen MR) is 96.0 cm³/mol. The summed E-state index contributed by atoms with van der Waals surface area (Å²) in [4.78, 5) is 23.5. The monoisotopic (exact) mass is 334 g/mol. The van der Waals surface area contributed by atoms with E-state index in [-0.39, 0.29) is 11.1 Å². The van der Waals surface area contributed by atoms with E-state index in [0.717, 1.165) is 44.1 Å². The van der Waals surface area contributed by atoms with Crippen molar-refractivity contribution < 1.29 is 19.8 Å². The Hall–Kier alpha value is -1.84. The SMILES string of the molecule is CCCCc1ccc(C(=O)O)c(CC(CC)CCCC)c1C(=O)O. The van der Waals surface area contributed by atoms with Crippen molar-refractivity contribution in [2.24, 2.45) is 5.92 Å². The fraction of sp³-hybridized carbons (Fsp3) is 0.600. The first kappa shape index (κ1) is 20.2. The topological polar surface area (TPSA) is 74.6 Å². The zero-order chi connectivity index (χ0) is 18.1. The number of carbonyl (C=O) groups is 2. The molecule has 4 nitrogen and oxygen atoms in total. The minimum atomic E-state index is -1.04. The van der Waals surface area contributed by atoms with E-state index < -0.39 is 11.9 Å². The summed E-state index contributed by atoms with van der Waals surface area (Å²) in [5.74, 6) is -1.73. The average molecular weight is 334 g/mol. The van der Waals surface area contributed by atoms with Crippen molar-refractivity contribution in [1.82, 2.24) is 0 Å². The Morgan fingerprint density at radius 1 is 1.00 bits per heavy atom. The van der Waals surface area contributed by atoms with Gasteiger partial charge < -0.3 is 10.2 Å². The predicted octanol–water partition coefficient (Wildman–Crippen LogP) is 5.18. The molecule has 1 atom stereocenters. The lowest BCUT2D eigenvalue weighted by molar-refractivity contribution is 0.0694. The third-order valence-corrected chi connectivity index (χ3v) is 4.68. The van der Waals surface area contributed by atoms with E-state index in [1.807, 2.05) is 0 Å². The van der Waals surface area contributed by atoms with Crippen LogP contribution in [0, 0.1) is 5.92 Å². The summed E-state index contributed by atoms with van der Waals surface area (Å²) in [5.41, 5.74) is 1.63. The highest BCUT2D eigenvalue weighted by molar-refractivity contribution is 5.97. The highest BCUT2D eigenvalue weighted by Crippen LogP contribution is 2.27. The van der Waals surface area contributed by atoms with Crippen LogP contribution in [0.4, 0.5) is 0 Å². The Labute approximate surface area is 144 Å². The Morgan fingerprint density at radius 2 is 1.67 bits per heavy atom. The van der Waals surface area contributed by atoms with Crippen molar-refractivity contribution in [1.29, 1.82) is 0 Å². The summed E-state index contributed by atoms with van der Waals surface area (Å²) in [6.07, 6.45) is 7.18. The molecule has 134 valence electrons. The molecule has 0 spiro atoms. The second-order valence-electron chi connectivity index (χ2n) is 6.46.